The first-order valence-electron chi connectivity index (χ1n) is 8.29. The summed E-state index contributed by atoms with van der Waals surface area (Å²) >= 11 is 1.94. The van der Waals surface area contributed by atoms with Crippen LogP contribution in [-0.2, 0) is 15.3 Å². The molecule has 1 saturated carbocycles. The number of carbonyl (C=O) groups is 1. The highest BCUT2D eigenvalue weighted by Crippen LogP contribution is 2.32. The van der Waals surface area contributed by atoms with Gasteiger partial charge in [-0.25, -0.2) is 0 Å². The van der Waals surface area contributed by atoms with Crippen LogP contribution in [-0.4, -0.2) is 38.0 Å². The van der Waals surface area contributed by atoms with Crippen LogP contribution in [0.15, 0.2) is 30.3 Å². The molecule has 2 rings (SSSR count). The monoisotopic (exact) mass is 322 g/mol. The molecule has 0 unspecified atom stereocenters. The van der Waals surface area contributed by atoms with Crippen molar-refractivity contribution in [2.75, 3.05) is 20.6 Å². The fourth-order valence-electron chi connectivity index (χ4n) is 2.75. The average molecular weight is 322 g/mol. The number of benzene rings is 1. The van der Waals surface area contributed by atoms with Gasteiger partial charge in [-0.2, -0.15) is 0 Å². The summed E-state index contributed by atoms with van der Waals surface area (Å²) in [6.07, 6.45) is 5.24. The van der Waals surface area contributed by atoms with Crippen molar-refractivity contribution in [3.8, 4) is 0 Å². The van der Waals surface area contributed by atoms with Gasteiger partial charge in [-0.15, -0.1) is 11.8 Å². The smallest absolute Gasteiger partial charge is 0.311 e. The molecule has 1 aliphatic rings. The molecular weight excluding hydrogens is 294 g/mol. The van der Waals surface area contributed by atoms with E-state index >= 15 is 0 Å². The zero-order valence-corrected chi connectivity index (χ0v) is 14.5. The maximum absolute atomic E-state index is 12.0. The first-order chi connectivity index (χ1) is 10.6. The van der Waals surface area contributed by atoms with Gasteiger partial charge >= 0.3 is 5.97 Å². The predicted molar refractivity (Wildman–Crippen MR) is 92.2 cm³/mol. The van der Waals surface area contributed by atoms with Crippen molar-refractivity contribution < 1.29 is 14.4 Å². The van der Waals surface area contributed by atoms with Crippen LogP contribution in [0.2, 0.25) is 0 Å². The Bertz CT molecular complexity index is 450. The van der Waals surface area contributed by atoms with E-state index in [1.54, 1.807) is 0 Å². The van der Waals surface area contributed by atoms with E-state index in [-0.39, 0.29) is 12.1 Å². The Balaban J connectivity index is 1.81. The van der Waals surface area contributed by atoms with Gasteiger partial charge in [0.05, 0.1) is 27.1 Å². The molecule has 22 heavy (non-hydrogen) atoms. The van der Waals surface area contributed by atoms with Crippen molar-refractivity contribution in [1.82, 2.24) is 0 Å². The zero-order valence-electron chi connectivity index (χ0n) is 13.7. The van der Waals surface area contributed by atoms with Gasteiger partial charge in [-0.05, 0) is 24.8 Å². The molecule has 0 bridgehead atoms. The Morgan fingerprint density at radius 3 is 2.68 bits per heavy atom. The fraction of sp³-hybridized carbons (Fsp3) is 0.611. The van der Waals surface area contributed by atoms with Crippen LogP contribution in [0.4, 0.5) is 0 Å². The normalized spacial score (nSPS) is 21.8. The van der Waals surface area contributed by atoms with Gasteiger partial charge in [0.25, 0.3) is 0 Å². The fourth-order valence-corrected chi connectivity index (χ4v) is 4.08. The lowest BCUT2D eigenvalue weighted by Gasteiger charge is -2.30. The van der Waals surface area contributed by atoms with Gasteiger partial charge in [0, 0.05) is 11.0 Å². The number of esters is 1. The highest BCUT2D eigenvalue weighted by atomic mass is 32.2. The molecule has 4 heteroatoms. The summed E-state index contributed by atoms with van der Waals surface area (Å²) in [5.41, 5.74) is 1.35. The van der Waals surface area contributed by atoms with Crippen LogP contribution >= 0.6 is 11.8 Å². The molecule has 0 radical (unpaired) electrons. The predicted octanol–water partition coefficient (Wildman–Crippen LogP) is 2.31. The van der Waals surface area contributed by atoms with Gasteiger partial charge in [-0.3, -0.25) is 4.79 Å². The lowest BCUT2D eigenvalue weighted by atomic mass is 9.97. The van der Waals surface area contributed by atoms with Crippen molar-refractivity contribution in [2.45, 2.75) is 49.2 Å². The summed E-state index contributed by atoms with van der Waals surface area (Å²) in [5, 5.41) is 0.449. The van der Waals surface area contributed by atoms with Crippen molar-refractivity contribution in [3.05, 3.63) is 35.9 Å². The number of hydrogen-bond acceptors (Lipinski definition) is 3. The molecular formula is C18H28NO2S+. The summed E-state index contributed by atoms with van der Waals surface area (Å²) in [4.78, 5) is 13.3. The maximum Gasteiger partial charge on any atom is 0.311 e. The minimum Gasteiger partial charge on any atom is -0.461 e. The minimum absolute atomic E-state index is 0.0292. The van der Waals surface area contributed by atoms with Crippen molar-refractivity contribution in [3.63, 3.8) is 0 Å². The number of hydrogen-bond donors (Lipinski definition) is 1. The van der Waals surface area contributed by atoms with E-state index in [2.05, 4.69) is 38.4 Å². The van der Waals surface area contributed by atoms with Crippen LogP contribution in [0.1, 0.15) is 37.7 Å². The minimum atomic E-state index is -0.0292. The average Bonchev–Trinajstić information content (AvgIpc) is 2.53. The highest BCUT2D eigenvalue weighted by molar-refractivity contribution is 7.99. The Morgan fingerprint density at radius 1 is 1.23 bits per heavy atom. The molecule has 0 saturated heterocycles. The number of thioether (sulfide) groups is 1. The molecule has 1 aliphatic carbocycles. The summed E-state index contributed by atoms with van der Waals surface area (Å²) < 4.78 is 5.77. The van der Waals surface area contributed by atoms with Crippen molar-refractivity contribution >= 4 is 17.7 Å². The topological polar surface area (TPSA) is 30.7 Å². The summed E-state index contributed by atoms with van der Waals surface area (Å²) in [5.74, 6) is 0.972. The molecule has 0 spiro atoms. The molecule has 0 aliphatic heterocycles. The summed E-state index contributed by atoms with van der Waals surface area (Å²) in [6.45, 7) is 0.841. The Hall–Kier alpha value is -1.00. The van der Waals surface area contributed by atoms with E-state index < -0.39 is 0 Å². The largest absolute Gasteiger partial charge is 0.461 e. The van der Waals surface area contributed by atoms with E-state index in [0.29, 0.717) is 11.7 Å². The molecule has 3 nitrogen and oxygen atoms in total. The van der Waals surface area contributed by atoms with Gasteiger partial charge in [0.2, 0.25) is 0 Å². The van der Waals surface area contributed by atoms with Gasteiger partial charge in [0.1, 0.15) is 6.10 Å². The molecule has 0 aromatic heterocycles. The van der Waals surface area contributed by atoms with E-state index in [4.69, 9.17) is 4.74 Å². The number of carbonyl (C=O) groups excluding carboxylic acids is 1. The first-order valence-corrected chi connectivity index (χ1v) is 9.34. The standard InChI is InChI=1S/C18H27NO2S/c1-19(2)13-12-18(20)21-16-10-6-7-11-17(16)22-14-15-8-4-3-5-9-15/h3-5,8-9,16-17H,6-7,10-14H2,1-2H3/p+1/t16-,17+/m0/s1. The molecule has 0 heterocycles. The Labute approximate surface area is 138 Å². The van der Waals surface area contributed by atoms with Crippen LogP contribution < -0.4 is 4.90 Å². The van der Waals surface area contributed by atoms with Crippen LogP contribution in [0, 0.1) is 0 Å². The highest BCUT2D eigenvalue weighted by Gasteiger charge is 2.28. The Kier molecular flexibility index (Phi) is 7.26. The van der Waals surface area contributed by atoms with Crippen LogP contribution in [0.25, 0.3) is 0 Å². The van der Waals surface area contributed by atoms with E-state index in [1.807, 2.05) is 17.8 Å². The molecule has 122 valence electrons. The number of ether oxygens (including phenoxy) is 1. The number of nitrogens with one attached hydrogen (secondary N) is 1. The lowest BCUT2D eigenvalue weighted by Crippen LogP contribution is -3.05. The van der Waals surface area contributed by atoms with E-state index in [1.165, 1.54) is 23.3 Å². The molecule has 1 N–H and O–H groups in total. The van der Waals surface area contributed by atoms with Crippen LogP contribution in [0.5, 0.6) is 0 Å². The van der Waals surface area contributed by atoms with E-state index in [0.717, 1.165) is 25.1 Å². The third-order valence-electron chi connectivity index (χ3n) is 4.06. The molecule has 0 amide bonds. The second kappa shape index (κ2) is 9.21. The third kappa shape index (κ3) is 6.01. The van der Waals surface area contributed by atoms with Gasteiger partial charge in [0.15, 0.2) is 0 Å². The Morgan fingerprint density at radius 2 is 1.95 bits per heavy atom. The maximum atomic E-state index is 12.0. The number of quaternary nitrogens is 1. The first kappa shape index (κ1) is 17.4. The lowest BCUT2D eigenvalue weighted by molar-refractivity contribution is -0.857. The second-order valence-electron chi connectivity index (χ2n) is 6.35. The quantitative estimate of drug-likeness (QED) is 0.782. The van der Waals surface area contributed by atoms with E-state index in [9.17, 15) is 4.79 Å². The van der Waals surface area contributed by atoms with Crippen LogP contribution in [0.3, 0.4) is 0 Å². The SMILES string of the molecule is C[NH+](C)CCC(=O)O[C@H]1CCCC[C@H]1SCc1ccccc1. The zero-order chi connectivity index (χ0) is 15.8. The van der Waals surface area contributed by atoms with Gasteiger partial charge < -0.3 is 9.64 Å². The molecule has 1 fully saturated rings. The molecule has 1 aromatic carbocycles. The third-order valence-corrected chi connectivity index (χ3v) is 5.53. The number of rotatable bonds is 7. The molecule has 2 atom stereocenters. The van der Waals surface area contributed by atoms with Crippen molar-refractivity contribution in [2.24, 2.45) is 0 Å². The second-order valence-corrected chi connectivity index (χ2v) is 7.58. The van der Waals surface area contributed by atoms with Gasteiger partial charge in [-0.1, -0.05) is 36.8 Å². The van der Waals surface area contributed by atoms with Crippen molar-refractivity contribution in [1.29, 1.82) is 0 Å². The molecule has 1 aromatic rings. The summed E-state index contributed by atoms with van der Waals surface area (Å²) in [6, 6.07) is 10.5. The summed E-state index contributed by atoms with van der Waals surface area (Å²) in [7, 11) is 4.12.